The number of hydrogen-bond acceptors (Lipinski definition) is 4. The highest BCUT2D eigenvalue weighted by atomic mass is 16.2. The number of nitrogens with one attached hydrogen (secondary N) is 1. The van der Waals surface area contributed by atoms with Crippen molar-refractivity contribution in [3.63, 3.8) is 0 Å². The molecule has 0 heterocycles. The molecule has 0 saturated carbocycles. The van der Waals surface area contributed by atoms with Crippen LogP contribution in [-0.4, -0.2) is 31.8 Å². The molecule has 0 aromatic carbocycles. The Morgan fingerprint density at radius 2 is 1.80 bits per heavy atom. The van der Waals surface area contributed by atoms with Gasteiger partial charge in [-0.1, -0.05) is 6.92 Å². The molecule has 0 aliphatic rings. The van der Waals surface area contributed by atoms with Gasteiger partial charge in [0, 0.05) is 20.6 Å². The van der Waals surface area contributed by atoms with Crippen molar-refractivity contribution >= 4 is 6.15 Å². The summed E-state index contributed by atoms with van der Waals surface area (Å²) in [6.07, 6.45) is 1.44. The zero-order valence-corrected chi connectivity index (χ0v) is 6.68. The molecule has 10 heavy (non-hydrogen) atoms. The third-order valence-electron chi connectivity index (χ3n) is 0.678. The lowest BCUT2D eigenvalue weighted by Crippen LogP contribution is -2.30. The molecule has 0 aromatic rings. The highest BCUT2D eigenvalue weighted by Crippen LogP contribution is 1.68. The smallest absolute Gasteiger partial charge is 0.256 e. The summed E-state index contributed by atoms with van der Waals surface area (Å²) in [4.78, 5) is 16.2. The first-order chi connectivity index (χ1) is 4.68. The minimum absolute atomic E-state index is 0.250. The molecule has 0 atom stereocenters. The van der Waals surface area contributed by atoms with E-state index in [2.05, 4.69) is 12.3 Å². The van der Waals surface area contributed by atoms with E-state index < -0.39 is 0 Å². The molecule has 0 saturated heterocycles. The van der Waals surface area contributed by atoms with E-state index >= 15 is 0 Å². The Bertz CT molecular complexity index is 87.7. The first-order valence-electron chi connectivity index (χ1n) is 3.09. The maximum Gasteiger partial charge on any atom is 0.373 e. The Morgan fingerprint density at radius 1 is 1.40 bits per heavy atom. The molecule has 4 heteroatoms. The summed E-state index contributed by atoms with van der Waals surface area (Å²) in [5.41, 5.74) is 3.13. The van der Waals surface area contributed by atoms with Crippen LogP contribution < -0.4 is 5.43 Å². The van der Waals surface area contributed by atoms with Gasteiger partial charge in [-0.15, -0.1) is 0 Å². The molecule has 0 bridgehead atoms. The van der Waals surface area contributed by atoms with E-state index in [4.69, 9.17) is 9.59 Å². The number of carbonyl (C=O) groups excluding carboxylic acids is 2. The number of hydrogen-bond donors (Lipinski definition) is 1. The number of rotatable bonds is 3. The molecule has 0 aliphatic heterocycles. The van der Waals surface area contributed by atoms with Gasteiger partial charge in [0.05, 0.1) is 0 Å². The summed E-state index contributed by atoms with van der Waals surface area (Å²) in [5, 5.41) is 1.96. The average Bonchev–Trinajstić information content (AvgIpc) is 1.85. The summed E-state index contributed by atoms with van der Waals surface area (Å²) < 4.78 is 0. The fraction of sp³-hybridized carbons (Fsp3) is 0.833. The largest absolute Gasteiger partial charge is 0.373 e. The Morgan fingerprint density at radius 3 is 1.90 bits per heavy atom. The minimum Gasteiger partial charge on any atom is -0.256 e. The summed E-state index contributed by atoms with van der Waals surface area (Å²) in [6.45, 7) is 3.23. The van der Waals surface area contributed by atoms with E-state index in [9.17, 15) is 0 Å². The van der Waals surface area contributed by atoms with Crippen molar-refractivity contribution in [1.29, 1.82) is 0 Å². The van der Waals surface area contributed by atoms with E-state index in [1.807, 2.05) is 19.1 Å². The van der Waals surface area contributed by atoms with Crippen LogP contribution in [0.5, 0.6) is 0 Å². The summed E-state index contributed by atoms with van der Waals surface area (Å²) in [6, 6.07) is 0. The Hall–Kier alpha value is -0.700. The second kappa shape index (κ2) is 11.1. The Kier molecular flexibility index (Phi) is 13.4. The van der Waals surface area contributed by atoms with Crippen molar-refractivity contribution in [2.75, 3.05) is 20.6 Å². The van der Waals surface area contributed by atoms with Crippen molar-refractivity contribution in [3.05, 3.63) is 0 Å². The molecule has 0 aromatic heterocycles. The Balaban J connectivity index is 0. The number of nitrogens with zero attached hydrogens (tertiary/aromatic N) is 1. The van der Waals surface area contributed by atoms with Gasteiger partial charge in [0.2, 0.25) is 0 Å². The molecule has 1 N–H and O–H groups in total. The van der Waals surface area contributed by atoms with Crippen molar-refractivity contribution in [1.82, 2.24) is 10.4 Å². The van der Waals surface area contributed by atoms with Crippen LogP contribution in [0, 0.1) is 0 Å². The quantitative estimate of drug-likeness (QED) is 0.564. The molecule has 4 nitrogen and oxygen atoms in total. The molecular weight excluding hydrogens is 132 g/mol. The van der Waals surface area contributed by atoms with E-state index in [-0.39, 0.29) is 6.15 Å². The van der Waals surface area contributed by atoms with Crippen LogP contribution in [-0.2, 0) is 9.59 Å². The van der Waals surface area contributed by atoms with Crippen LogP contribution in [0.2, 0.25) is 0 Å². The second-order valence-corrected chi connectivity index (χ2v) is 1.89. The van der Waals surface area contributed by atoms with E-state index in [1.165, 1.54) is 6.42 Å². The second-order valence-electron chi connectivity index (χ2n) is 1.89. The topological polar surface area (TPSA) is 49.4 Å². The molecule has 0 spiro atoms. The van der Waals surface area contributed by atoms with Crippen LogP contribution in [0.25, 0.3) is 0 Å². The van der Waals surface area contributed by atoms with E-state index in [0.717, 1.165) is 6.54 Å². The monoisotopic (exact) mass is 146 g/mol. The van der Waals surface area contributed by atoms with E-state index in [0.29, 0.717) is 0 Å². The van der Waals surface area contributed by atoms with Gasteiger partial charge >= 0.3 is 6.15 Å². The first kappa shape index (κ1) is 12.0. The van der Waals surface area contributed by atoms with Gasteiger partial charge in [-0.05, 0) is 6.42 Å². The van der Waals surface area contributed by atoms with Gasteiger partial charge < -0.3 is 0 Å². The zero-order chi connectivity index (χ0) is 8.41. The summed E-state index contributed by atoms with van der Waals surface area (Å²) in [5.74, 6) is 0. The highest BCUT2D eigenvalue weighted by molar-refractivity contribution is 5.20. The van der Waals surface area contributed by atoms with Crippen molar-refractivity contribution < 1.29 is 9.59 Å². The van der Waals surface area contributed by atoms with Gasteiger partial charge in [0.15, 0.2) is 0 Å². The molecule has 0 amide bonds. The third-order valence-corrected chi connectivity index (χ3v) is 0.678. The van der Waals surface area contributed by atoms with Gasteiger partial charge in [0.1, 0.15) is 0 Å². The molecule has 60 valence electrons. The maximum absolute atomic E-state index is 8.12. The molecule has 0 fully saturated rings. The molecule has 0 radical (unpaired) electrons. The average molecular weight is 146 g/mol. The first-order valence-corrected chi connectivity index (χ1v) is 3.09. The lowest BCUT2D eigenvalue weighted by molar-refractivity contribution is -0.191. The van der Waals surface area contributed by atoms with E-state index in [1.54, 1.807) is 0 Å². The maximum atomic E-state index is 8.12. The van der Waals surface area contributed by atoms with Gasteiger partial charge in [-0.25, -0.2) is 0 Å². The molecular formula is C6H14N2O2. The fourth-order valence-corrected chi connectivity index (χ4v) is 0.335. The van der Waals surface area contributed by atoms with Crippen molar-refractivity contribution in [2.45, 2.75) is 13.3 Å². The lowest BCUT2D eigenvalue weighted by atomic mass is 10.5. The van der Waals surface area contributed by atoms with Crippen LogP contribution in [0.1, 0.15) is 13.3 Å². The lowest BCUT2D eigenvalue weighted by Gasteiger charge is -2.08. The summed E-state index contributed by atoms with van der Waals surface area (Å²) in [7, 11) is 3.99. The third kappa shape index (κ3) is 26.6. The molecule has 0 rings (SSSR count). The molecule has 0 unspecified atom stereocenters. The van der Waals surface area contributed by atoms with Gasteiger partial charge in [-0.2, -0.15) is 9.59 Å². The van der Waals surface area contributed by atoms with Crippen molar-refractivity contribution in [2.24, 2.45) is 0 Å². The molecule has 0 aliphatic carbocycles. The zero-order valence-electron chi connectivity index (χ0n) is 6.68. The van der Waals surface area contributed by atoms with Gasteiger partial charge in [0.25, 0.3) is 0 Å². The van der Waals surface area contributed by atoms with Crippen molar-refractivity contribution in [3.8, 4) is 0 Å². The highest BCUT2D eigenvalue weighted by Gasteiger charge is 1.80. The SMILES string of the molecule is CCCNN(C)C.O=C=O. The van der Waals surface area contributed by atoms with Crippen LogP contribution in [0.15, 0.2) is 0 Å². The predicted octanol–water partition coefficient (Wildman–Crippen LogP) is -0.121. The Labute approximate surface area is 61.2 Å². The van der Waals surface area contributed by atoms with Crippen LogP contribution >= 0.6 is 0 Å². The van der Waals surface area contributed by atoms with Crippen LogP contribution in [0.3, 0.4) is 0 Å². The minimum atomic E-state index is 0.250. The standard InChI is InChI=1S/C5H14N2.CO2/c1-4-5-6-7(2)3;2-1-3/h6H,4-5H2,1-3H3;. The normalized spacial score (nSPS) is 8.00. The van der Waals surface area contributed by atoms with Gasteiger partial charge in [-0.3, -0.25) is 10.4 Å². The summed E-state index contributed by atoms with van der Waals surface area (Å²) >= 11 is 0. The number of hydrazine groups is 1. The van der Waals surface area contributed by atoms with Crippen LogP contribution in [0.4, 0.5) is 0 Å². The predicted molar refractivity (Wildman–Crippen MR) is 37.0 cm³/mol. The fourth-order valence-electron chi connectivity index (χ4n) is 0.335.